The lowest BCUT2D eigenvalue weighted by atomic mass is 9.80. The second-order valence-electron chi connectivity index (χ2n) is 9.77. The lowest BCUT2D eigenvalue weighted by molar-refractivity contribution is -0.135. The second-order valence-corrected chi connectivity index (χ2v) is 10.2. The van der Waals surface area contributed by atoms with Gasteiger partial charge in [0.25, 0.3) is 0 Å². The minimum absolute atomic E-state index is 0.280. The summed E-state index contributed by atoms with van der Waals surface area (Å²) in [5.74, 6) is -0.389. The fraction of sp³-hybridized carbons (Fsp3) is 0.654. The molecule has 0 aromatic heterocycles. The summed E-state index contributed by atoms with van der Waals surface area (Å²) in [5, 5.41) is 20.7. The molecule has 200 valence electrons. The summed E-state index contributed by atoms with van der Waals surface area (Å²) in [6, 6.07) is 6.96. The van der Waals surface area contributed by atoms with E-state index in [1.807, 2.05) is 19.1 Å². The van der Waals surface area contributed by atoms with Gasteiger partial charge in [0, 0.05) is 24.7 Å². The van der Waals surface area contributed by atoms with Gasteiger partial charge in [0.15, 0.2) is 6.29 Å². The maximum absolute atomic E-state index is 13.9. The third-order valence-corrected chi connectivity index (χ3v) is 7.41. The Morgan fingerprint density at radius 1 is 1.25 bits per heavy atom. The standard InChI is InChI=1S/C26H39ClN4O5/c1-2-3-12-26(22(33)19-32,28-18-20-8-7-9-21(27)17-20)29-23(34)25(10-5-4-6-11-25)30-24(35)31-13-15-36-16-14-31/h7-9,17,19,22,28,33H,2-6,10-16,18H2,1H3,(H,29,34)(H,30,35)/t22?,26-/m0/s1. The Kier molecular flexibility index (Phi) is 10.5. The fourth-order valence-corrected chi connectivity index (χ4v) is 5.15. The van der Waals surface area contributed by atoms with Gasteiger partial charge in [0.1, 0.15) is 17.3 Å². The lowest BCUT2D eigenvalue weighted by Crippen LogP contribution is -2.72. The number of hydrogen-bond acceptors (Lipinski definition) is 6. The molecule has 2 aliphatic rings. The van der Waals surface area contributed by atoms with Crippen molar-refractivity contribution in [3.8, 4) is 0 Å². The Hall–Kier alpha value is -2.20. The number of morpholine rings is 1. The number of carbonyl (C=O) groups is 3. The molecule has 1 saturated heterocycles. The predicted octanol–water partition coefficient (Wildman–Crippen LogP) is 2.74. The number of hydrogen-bond donors (Lipinski definition) is 4. The third-order valence-electron chi connectivity index (χ3n) is 7.18. The SMILES string of the molecule is CCCC[C@](NCc1cccc(Cl)c1)(NC(=O)C1(NC(=O)N2CCOCC2)CCCCC1)C(O)C=O. The molecule has 1 aromatic rings. The zero-order valence-electron chi connectivity index (χ0n) is 21.1. The molecule has 3 rings (SSSR count). The van der Waals surface area contributed by atoms with Crippen LogP contribution < -0.4 is 16.0 Å². The van der Waals surface area contributed by atoms with E-state index < -0.39 is 17.3 Å². The number of aliphatic hydroxyl groups is 1. The van der Waals surface area contributed by atoms with E-state index >= 15 is 0 Å². The molecular weight excluding hydrogens is 484 g/mol. The minimum atomic E-state index is -1.48. The van der Waals surface area contributed by atoms with Gasteiger partial charge in [-0.3, -0.25) is 10.1 Å². The van der Waals surface area contributed by atoms with E-state index in [9.17, 15) is 19.5 Å². The van der Waals surface area contributed by atoms with Crippen LogP contribution in [0.25, 0.3) is 0 Å². The number of unbranched alkanes of at least 4 members (excludes halogenated alkanes) is 1. The van der Waals surface area contributed by atoms with Crippen molar-refractivity contribution in [2.75, 3.05) is 26.3 Å². The van der Waals surface area contributed by atoms with Gasteiger partial charge in [-0.15, -0.1) is 0 Å². The molecule has 2 atom stereocenters. The molecule has 2 fully saturated rings. The van der Waals surface area contributed by atoms with E-state index in [-0.39, 0.29) is 18.5 Å². The number of amides is 3. The van der Waals surface area contributed by atoms with Gasteiger partial charge in [0.05, 0.1) is 13.2 Å². The lowest BCUT2D eigenvalue weighted by Gasteiger charge is -2.44. The molecule has 10 heteroatoms. The first kappa shape index (κ1) is 28.4. The molecule has 1 saturated carbocycles. The Labute approximate surface area is 218 Å². The van der Waals surface area contributed by atoms with Crippen LogP contribution in [0, 0.1) is 0 Å². The number of ether oxygens (including phenoxy) is 1. The molecule has 0 bridgehead atoms. The van der Waals surface area contributed by atoms with E-state index in [1.165, 1.54) is 0 Å². The number of aldehydes is 1. The Bertz CT molecular complexity index is 889. The average molecular weight is 523 g/mol. The van der Waals surface area contributed by atoms with Crippen molar-refractivity contribution in [3.05, 3.63) is 34.9 Å². The van der Waals surface area contributed by atoms with Gasteiger partial charge in [-0.25, -0.2) is 4.79 Å². The summed E-state index contributed by atoms with van der Waals surface area (Å²) >= 11 is 6.13. The quantitative estimate of drug-likeness (QED) is 0.262. The maximum atomic E-state index is 13.9. The van der Waals surface area contributed by atoms with E-state index in [0.717, 1.165) is 31.2 Å². The molecular formula is C26H39ClN4O5. The first-order chi connectivity index (χ1) is 17.3. The maximum Gasteiger partial charge on any atom is 0.318 e. The third kappa shape index (κ3) is 7.18. The predicted molar refractivity (Wildman–Crippen MR) is 138 cm³/mol. The fourth-order valence-electron chi connectivity index (χ4n) is 4.94. The van der Waals surface area contributed by atoms with Crippen molar-refractivity contribution in [2.24, 2.45) is 0 Å². The van der Waals surface area contributed by atoms with Gasteiger partial charge >= 0.3 is 6.03 Å². The summed E-state index contributed by atoms with van der Waals surface area (Å²) in [5.41, 5.74) is -1.67. The Morgan fingerprint density at radius 2 is 1.97 bits per heavy atom. The first-order valence-electron chi connectivity index (χ1n) is 12.9. The van der Waals surface area contributed by atoms with Crippen LogP contribution in [0.1, 0.15) is 63.9 Å². The van der Waals surface area contributed by atoms with Crippen LogP contribution in [-0.4, -0.2) is 71.8 Å². The topological polar surface area (TPSA) is 120 Å². The highest BCUT2D eigenvalue weighted by Crippen LogP contribution is 2.30. The van der Waals surface area contributed by atoms with Crippen LogP contribution in [0.2, 0.25) is 5.02 Å². The highest BCUT2D eigenvalue weighted by molar-refractivity contribution is 6.30. The van der Waals surface area contributed by atoms with Crippen molar-refractivity contribution in [3.63, 3.8) is 0 Å². The largest absolute Gasteiger partial charge is 0.382 e. The summed E-state index contributed by atoms with van der Waals surface area (Å²) in [6.07, 6.45) is 4.33. The second kappa shape index (κ2) is 13.4. The van der Waals surface area contributed by atoms with Gasteiger partial charge < -0.3 is 30.2 Å². The summed E-state index contributed by atoms with van der Waals surface area (Å²) in [4.78, 5) is 40.6. The minimum Gasteiger partial charge on any atom is -0.382 e. The molecule has 1 heterocycles. The molecule has 0 spiro atoms. The van der Waals surface area contributed by atoms with Crippen molar-refractivity contribution in [1.82, 2.24) is 20.9 Å². The normalized spacial score (nSPS) is 20.1. The van der Waals surface area contributed by atoms with Crippen LogP contribution in [0.4, 0.5) is 4.79 Å². The molecule has 9 nitrogen and oxygen atoms in total. The van der Waals surface area contributed by atoms with E-state index in [4.69, 9.17) is 16.3 Å². The molecule has 4 N–H and O–H groups in total. The van der Waals surface area contributed by atoms with Crippen molar-refractivity contribution in [2.45, 2.75) is 82.1 Å². The molecule has 1 aliphatic carbocycles. The van der Waals surface area contributed by atoms with Crippen LogP contribution >= 0.6 is 11.6 Å². The van der Waals surface area contributed by atoms with Crippen LogP contribution in [-0.2, 0) is 20.9 Å². The van der Waals surface area contributed by atoms with E-state index in [1.54, 1.807) is 17.0 Å². The van der Waals surface area contributed by atoms with Crippen LogP contribution in [0.15, 0.2) is 24.3 Å². The Balaban J connectivity index is 1.85. The van der Waals surface area contributed by atoms with E-state index in [2.05, 4.69) is 16.0 Å². The summed E-state index contributed by atoms with van der Waals surface area (Å²) in [6.45, 7) is 4.14. The van der Waals surface area contributed by atoms with Crippen molar-refractivity contribution >= 4 is 29.8 Å². The molecule has 1 unspecified atom stereocenters. The summed E-state index contributed by atoms with van der Waals surface area (Å²) in [7, 11) is 0. The highest BCUT2D eigenvalue weighted by atomic mass is 35.5. The van der Waals surface area contributed by atoms with Crippen molar-refractivity contribution < 1.29 is 24.2 Å². The first-order valence-corrected chi connectivity index (χ1v) is 13.3. The number of halogens is 1. The number of carbonyl (C=O) groups excluding carboxylic acids is 3. The number of nitrogens with one attached hydrogen (secondary N) is 3. The van der Waals surface area contributed by atoms with Gasteiger partial charge in [-0.1, -0.05) is 56.3 Å². The van der Waals surface area contributed by atoms with Crippen LogP contribution in [0.3, 0.4) is 0 Å². The summed E-state index contributed by atoms with van der Waals surface area (Å²) < 4.78 is 5.35. The van der Waals surface area contributed by atoms with Crippen LogP contribution in [0.5, 0.6) is 0 Å². The zero-order valence-corrected chi connectivity index (χ0v) is 21.8. The highest BCUT2D eigenvalue weighted by Gasteiger charge is 2.47. The van der Waals surface area contributed by atoms with Gasteiger partial charge in [-0.2, -0.15) is 0 Å². The van der Waals surface area contributed by atoms with Gasteiger partial charge in [-0.05, 0) is 43.4 Å². The molecule has 3 amide bonds. The Morgan fingerprint density at radius 3 is 2.61 bits per heavy atom. The molecule has 36 heavy (non-hydrogen) atoms. The average Bonchev–Trinajstić information content (AvgIpc) is 2.90. The molecule has 1 aromatic carbocycles. The van der Waals surface area contributed by atoms with E-state index in [0.29, 0.717) is 63.3 Å². The molecule has 1 aliphatic heterocycles. The number of rotatable bonds is 11. The van der Waals surface area contributed by atoms with Gasteiger partial charge in [0.2, 0.25) is 5.91 Å². The smallest absolute Gasteiger partial charge is 0.318 e. The molecule has 0 radical (unpaired) electrons. The number of nitrogens with zero attached hydrogens (tertiary/aromatic N) is 1. The van der Waals surface area contributed by atoms with Crippen molar-refractivity contribution in [1.29, 1.82) is 0 Å². The zero-order chi connectivity index (χ0) is 26.0. The number of benzene rings is 1. The monoisotopic (exact) mass is 522 g/mol. The number of aliphatic hydroxyl groups excluding tert-OH is 1. The number of urea groups is 1.